The number of rotatable bonds is 4. The number of carboxylic acids is 1. The second kappa shape index (κ2) is 4.24. The van der Waals surface area contributed by atoms with Gasteiger partial charge in [-0.15, -0.1) is 0 Å². The van der Waals surface area contributed by atoms with Gasteiger partial charge in [-0.25, -0.2) is 0 Å². The maximum Gasteiger partial charge on any atom is 0.310 e. The van der Waals surface area contributed by atoms with E-state index >= 15 is 0 Å². The first-order valence-electron chi connectivity index (χ1n) is 4.14. The average molecular weight is 184 g/mol. The lowest BCUT2D eigenvalue weighted by Gasteiger charge is -2.27. The van der Waals surface area contributed by atoms with Crippen LogP contribution in [0.3, 0.4) is 0 Å². The lowest BCUT2D eigenvalue weighted by molar-refractivity contribution is -0.147. The van der Waals surface area contributed by atoms with Gasteiger partial charge >= 0.3 is 5.97 Å². The van der Waals surface area contributed by atoms with Crippen LogP contribution in [0.5, 0.6) is 0 Å². The van der Waals surface area contributed by atoms with E-state index in [1.807, 2.05) is 0 Å². The zero-order valence-electron chi connectivity index (χ0n) is 8.53. The Morgan fingerprint density at radius 2 is 2.15 bits per heavy atom. The van der Waals surface area contributed by atoms with E-state index in [0.717, 1.165) is 0 Å². The molecule has 0 aliphatic heterocycles. The van der Waals surface area contributed by atoms with Crippen LogP contribution in [0.25, 0.3) is 0 Å². The lowest BCUT2D eigenvalue weighted by atomic mass is 9.93. The van der Waals surface area contributed by atoms with Crippen molar-refractivity contribution in [3.63, 3.8) is 0 Å². The molecule has 1 unspecified atom stereocenters. The lowest BCUT2D eigenvalue weighted by Crippen LogP contribution is -2.40. The SMILES string of the molecule is CC(C#N)N(C)CC(C)(C)C(=O)O. The summed E-state index contributed by atoms with van der Waals surface area (Å²) in [4.78, 5) is 12.5. The van der Waals surface area contributed by atoms with E-state index in [2.05, 4.69) is 6.07 Å². The van der Waals surface area contributed by atoms with Crippen LogP contribution in [0.2, 0.25) is 0 Å². The minimum Gasteiger partial charge on any atom is -0.481 e. The molecule has 0 heterocycles. The summed E-state index contributed by atoms with van der Waals surface area (Å²) in [6.45, 7) is 5.42. The van der Waals surface area contributed by atoms with E-state index in [-0.39, 0.29) is 6.04 Å². The quantitative estimate of drug-likeness (QED) is 0.706. The normalized spacial score (nSPS) is 13.8. The van der Waals surface area contributed by atoms with Crippen LogP contribution in [0.1, 0.15) is 20.8 Å². The molecule has 0 aliphatic carbocycles. The summed E-state index contributed by atoms with van der Waals surface area (Å²) in [6.07, 6.45) is 0. The van der Waals surface area contributed by atoms with Gasteiger partial charge < -0.3 is 5.11 Å². The highest BCUT2D eigenvalue weighted by molar-refractivity contribution is 5.73. The summed E-state index contributed by atoms with van der Waals surface area (Å²) < 4.78 is 0. The van der Waals surface area contributed by atoms with E-state index in [9.17, 15) is 4.79 Å². The Morgan fingerprint density at radius 3 is 2.46 bits per heavy atom. The summed E-state index contributed by atoms with van der Waals surface area (Å²) in [6, 6.07) is 1.81. The first kappa shape index (κ1) is 11.9. The van der Waals surface area contributed by atoms with E-state index < -0.39 is 11.4 Å². The van der Waals surface area contributed by atoms with Crippen LogP contribution in [0, 0.1) is 16.7 Å². The van der Waals surface area contributed by atoms with Gasteiger partial charge in [0.05, 0.1) is 17.5 Å². The van der Waals surface area contributed by atoms with E-state index in [0.29, 0.717) is 6.54 Å². The Hall–Kier alpha value is -1.08. The average Bonchev–Trinajstić information content (AvgIpc) is 2.01. The molecule has 13 heavy (non-hydrogen) atoms. The molecule has 0 saturated heterocycles. The second-order valence-electron chi connectivity index (χ2n) is 3.91. The predicted molar refractivity (Wildman–Crippen MR) is 49.1 cm³/mol. The van der Waals surface area contributed by atoms with Crippen LogP contribution in [0.15, 0.2) is 0 Å². The highest BCUT2D eigenvalue weighted by Gasteiger charge is 2.29. The monoisotopic (exact) mass is 184 g/mol. The first-order chi connectivity index (χ1) is 5.81. The van der Waals surface area contributed by atoms with Crippen LogP contribution in [-0.4, -0.2) is 35.6 Å². The predicted octanol–water partition coefficient (Wildman–Crippen LogP) is 0.941. The molecule has 74 valence electrons. The van der Waals surface area contributed by atoms with Gasteiger partial charge in [0.2, 0.25) is 0 Å². The van der Waals surface area contributed by atoms with Crippen molar-refractivity contribution in [2.45, 2.75) is 26.8 Å². The smallest absolute Gasteiger partial charge is 0.310 e. The van der Waals surface area contributed by atoms with Gasteiger partial charge in [-0.1, -0.05) is 0 Å². The zero-order chi connectivity index (χ0) is 10.6. The highest BCUT2D eigenvalue weighted by Crippen LogP contribution is 2.17. The number of hydrogen-bond acceptors (Lipinski definition) is 3. The fourth-order valence-electron chi connectivity index (χ4n) is 0.927. The molecule has 1 N–H and O–H groups in total. The van der Waals surface area contributed by atoms with Gasteiger partial charge in [0.1, 0.15) is 0 Å². The Balaban J connectivity index is 4.29. The minimum atomic E-state index is -0.843. The Bertz CT molecular complexity index is 230. The third-order valence-electron chi connectivity index (χ3n) is 2.07. The van der Waals surface area contributed by atoms with Crippen molar-refractivity contribution >= 4 is 5.97 Å². The third-order valence-corrected chi connectivity index (χ3v) is 2.07. The van der Waals surface area contributed by atoms with Gasteiger partial charge in [-0.05, 0) is 27.8 Å². The topological polar surface area (TPSA) is 64.3 Å². The molecule has 0 radical (unpaired) electrons. The van der Waals surface area contributed by atoms with Crippen molar-refractivity contribution in [3.8, 4) is 6.07 Å². The molecule has 1 atom stereocenters. The molecule has 0 rings (SSSR count). The molecule has 0 fully saturated rings. The third kappa shape index (κ3) is 3.43. The number of aliphatic carboxylic acids is 1. The van der Waals surface area contributed by atoms with Crippen molar-refractivity contribution in [2.24, 2.45) is 5.41 Å². The molecule has 0 aromatic carbocycles. The fraction of sp³-hybridized carbons (Fsp3) is 0.778. The molecular formula is C9H16N2O2. The first-order valence-corrected chi connectivity index (χ1v) is 4.14. The molecular weight excluding hydrogens is 168 g/mol. The number of carboxylic acid groups (broad SMARTS) is 1. The van der Waals surface area contributed by atoms with Crippen LogP contribution >= 0.6 is 0 Å². The van der Waals surface area contributed by atoms with Gasteiger partial charge in [0.25, 0.3) is 0 Å². The van der Waals surface area contributed by atoms with Gasteiger partial charge in [0.15, 0.2) is 0 Å². The summed E-state index contributed by atoms with van der Waals surface area (Å²) in [5.74, 6) is -0.843. The van der Waals surface area contributed by atoms with Crippen LogP contribution in [-0.2, 0) is 4.79 Å². The summed E-state index contributed by atoms with van der Waals surface area (Å²) in [7, 11) is 1.75. The Labute approximate surface area is 78.8 Å². The van der Waals surface area contributed by atoms with Crippen molar-refractivity contribution < 1.29 is 9.90 Å². The molecule has 0 aromatic rings. The van der Waals surface area contributed by atoms with E-state index in [1.165, 1.54) is 0 Å². The summed E-state index contributed by atoms with van der Waals surface area (Å²) >= 11 is 0. The molecule has 4 nitrogen and oxygen atoms in total. The van der Waals surface area contributed by atoms with Gasteiger partial charge in [0, 0.05) is 6.54 Å². The maximum absolute atomic E-state index is 10.8. The Kier molecular flexibility index (Phi) is 3.89. The second-order valence-corrected chi connectivity index (χ2v) is 3.91. The molecule has 0 spiro atoms. The van der Waals surface area contributed by atoms with Crippen LogP contribution < -0.4 is 0 Å². The van der Waals surface area contributed by atoms with Gasteiger partial charge in [-0.3, -0.25) is 9.69 Å². The maximum atomic E-state index is 10.8. The fourth-order valence-corrected chi connectivity index (χ4v) is 0.927. The summed E-state index contributed by atoms with van der Waals surface area (Å²) in [5, 5.41) is 17.4. The number of hydrogen-bond donors (Lipinski definition) is 1. The molecule has 0 aliphatic rings. The Morgan fingerprint density at radius 1 is 1.69 bits per heavy atom. The zero-order valence-corrected chi connectivity index (χ0v) is 8.53. The standard InChI is InChI=1S/C9H16N2O2/c1-7(5-10)11(4)6-9(2,3)8(12)13/h7H,6H2,1-4H3,(H,12,13). The van der Waals surface area contributed by atoms with Crippen molar-refractivity contribution in [3.05, 3.63) is 0 Å². The molecule has 4 heteroatoms. The molecule has 0 saturated carbocycles. The largest absolute Gasteiger partial charge is 0.481 e. The van der Waals surface area contributed by atoms with Crippen molar-refractivity contribution in [1.29, 1.82) is 5.26 Å². The van der Waals surface area contributed by atoms with Crippen LogP contribution in [0.4, 0.5) is 0 Å². The highest BCUT2D eigenvalue weighted by atomic mass is 16.4. The molecule has 0 aromatic heterocycles. The van der Waals surface area contributed by atoms with Crippen molar-refractivity contribution in [1.82, 2.24) is 4.90 Å². The number of nitriles is 1. The molecule has 0 amide bonds. The van der Waals surface area contributed by atoms with E-state index in [4.69, 9.17) is 10.4 Å². The summed E-state index contributed by atoms with van der Waals surface area (Å²) in [5.41, 5.74) is -0.806. The molecule has 0 bridgehead atoms. The number of carbonyl (C=O) groups is 1. The number of nitrogens with zero attached hydrogens (tertiary/aromatic N) is 2. The van der Waals surface area contributed by atoms with Crippen molar-refractivity contribution in [2.75, 3.05) is 13.6 Å². The van der Waals surface area contributed by atoms with Gasteiger partial charge in [-0.2, -0.15) is 5.26 Å². The minimum absolute atomic E-state index is 0.251. The van der Waals surface area contributed by atoms with E-state index in [1.54, 1.807) is 32.7 Å².